The number of nitro groups is 1. The third kappa shape index (κ3) is 1.99. The summed E-state index contributed by atoms with van der Waals surface area (Å²) in [7, 11) is 0. The van der Waals surface area contributed by atoms with Gasteiger partial charge in [-0.3, -0.25) is 19.7 Å². The number of allylic oxidation sites excluding steroid dienone is 2. The molecule has 4 rings (SSSR count). The highest BCUT2D eigenvalue weighted by molar-refractivity contribution is 6.67. The van der Waals surface area contributed by atoms with E-state index in [4.69, 9.17) is 69.6 Å². The predicted molar refractivity (Wildman–Crippen MR) is 108 cm³/mol. The summed E-state index contributed by atoms with van der Waals surface area (Å²) in [5.74, 6) is -4.10. The topological polar surface area (TPSA) is 80.5 Å². The van der Waals surface area contributed by atoms with Gasteiger partial charge in [0, 0.05) is 12.1 Å². The largest absolute Gasteiger partial charge is 0.274 e. The van der Waals surface area contributed by atoms with Crippen molar-refractivity contribution in [3.05, 3.63) is 43.9 Å². The first-order valence-corrected chi connectivity index (χ1v) is 10.0. The lowest BCUT2D eigenvalue weighted by molar-refractivity contribution is -0.384. The SMILES string of the molecule is Cc1ccc([N+](=O)[O-])cc1N1C(=O)[C@@H]2[C@H](C1=O)[C@@]1(Cl)C(Cl)=C(Cl)[C@@]2(Cl)C1(Cl)Cl. The number of nitro benzene ring substituents is 1. The molecule has 2 fully saturated rings. The summed E-state index contributed by atoms with van der Waals surface area (Å²) in [6.45, 7) is 1.60. The number of alkyl halides is 4. The number of carbonyl (C=O) groups is 2. The lowest BCUT2D eigenvalue weighted by Crippen LogP contribution is -2.50. The first kappa shape index (κ1) is 20.5. The quantitative estimate of drug-likeness (QED) is 0.249. The molecule has 6 nitrogen and oxygen atoms in total. The number of fused-ring (bicyclic) bond motifs is 5. The van der Waals surface area contributed by atoms with Gasteiger partial charge in [0.25, 0.3) is 5.69 Å². The van der Waals surface area contributed by atoms with Gasteiger partial charge in [-0.15, -0.1) is 23.2 Å². The van der Waals surface area contributed by atoms with Crippen LogP contribution < -0.4 is 4.90 Å². The van der Waals surface area contributed by atoms with Gasteiger partial charge >= 0.3 is 0 Å². The molecule has 2 bridgehead atoms. The summed E-state index contributed by atoms with van der Waals surface area (Å²) in [5, 5.41) is 10.7. The highest BCUT2D eigenvalue weighted by Crippen LogP contribution is 2.77. The van der Waals surface area contributed by atoms with Crippen molar-refractivity contribution in [2.75, 3.05) is 4.90 Å². The fourth-order valence-corrected chi connectivity index (χ4v) is 7.11. The molecule has 2 aliphatic carbocycles. The maximum Gasteiger partial charge on any atom is 0.271 e. The van der Waals surface area contributed by atoms with E-state index in [9.17, 15) is 19.7 Å². The van der Waals surface area contributed by atoms with E-state index >= 15 is 0 Å². The number of halogens is 6. The van der Waals surface area contributed by atoms with Crippen molar-refractivity contribution < 1.29 is 14.5 Å². The van der Waals surface area contributed by atoms with Gasteiger partial charge in [-0.2, -0.15) is 0 Å². The Morgan fingerprint density at radius 1 is 1.00 bits per heavy atom. The Hall–Kier alpha value is -0.760. The second-order valence-corrected chi connectivity index (χ2v) is 10.1. The molecule has 1 aliphatic heterocycles. The molecule has 0 spiro atoms. The summed E-state index contributed by atoms with van der Waals surface area (Å²) < 4.78 is -2.03. The zero-order valence-corrected chi connectivity index (χ0v) is 18.2. The molecule has 3 aliphatic rings. The highest BCUT2D eigenvalue weighted by Gasteiger charge is 2.87. The standard InChI is InChI=1S/C16H8Cl6N2O4/c1-5-2-3-6(24(27)28)4-7(5)23-12(25)8-9(13(23)26)15(20)11(18)10(17)14(8,19)16(15,21)22/h2-4,8-9H,1H3/t8-,9+,14-,15-/m1/s1. The van der Waals surface area contributed by atoms with Crippen LogP contribution in [0, 0.1) is 28.9 Å². The molecule has 1 saturated heterocycles. The van der Waals surface area contributed by atoms with Crippen LogP contribution in [0.3, 0.4) is 0 Å². The molecule has 0 radical (unpaired) electrons. The van der Waals surface area contributed by atoms with Crippen molar-refractivity contribution in [3.63, 3.8) is 0 Å². The molecule has 1 saturated carbocycles. The zero-order valence-electron chi connectivity index (χ0n) is 13.7. The van der Waals surface area contributed by atoms with Crippen molar-refractivity contribution in [2.45, 2.75) is 21.0 Å². The van der Waals surface area contributed by atoms with E-state index in [-0.39, 0.29) is 21.4 Å². The van der Waals surface area contributed by atoms with Crippen LogP contribution in [0.1, 0.15) is 5.56 Å². The maximum atomic E-state index is 13.3. The number of imide groups is 1. The van der Waals surface area contributed by atoms with E-state index in [1.165, 1.54) is 12.1 Å². The van der Waals surface area contributed by atoms with Gasteiger partial charge in [0.2, 0.25) is 11.8 Å². The molecule has 1 aromatic rings. The Morgan fingerprint density at radius 2 is 1.46 bits per heavy atom. The number of hydrogen-bond donors (Lipinski definition) is 0. The lowest BCUT2D eigenvalue weighted by atomic mass is 9.84. The lowest BCUT2D eigenvalue weighted by Gasteiger charge is -2.34. The van der Waals surface area contributed by atoms with Crippen LogP contribution in [0.4, 0.5) is 11.4 Å². The normalized spacial score (nSPS) is 35.8. The second kappa shape index (κ2) is 5.90. The van der Waals surface area contributed by atoms with Crippen LogP contribution >= 0.6 is 69.6 Å². The number of non-ortho nitro benzene ring substituents is 1. The van der Waals surface area contributed by atoms with Gasteiger partial charge in [0.15, 0.2) is 4.33 Å². The Labute approximate surface area is 188 Å². The molecule has 0 unspecified atom stereocenters. The molecule has 2 amide bonds. The zero-order chi connectivity index (χ0) is 21.0. The van der Waals surface area contributed by atoms with Crippen molar-refractivity contribution in [1.82, 2.24) is 0 Å². The molecule has 148 valence electrons. The molecule has 12 heteroatoms. The average molecular weight is 505 g/mol. The summed E-state index contributed by atoms with van der Waals surface area (Å²) >= 11 is 38.5. The van der Waals surface area contributed by atoms with Crippen molar-refractivity contribution in [1.29, 1.82) is 0 Å². The van der Waals surface area contributed by atoms with Gasteiger partial charge in [-0.05, 0) is 12.5 Å². The fourth-order valence-electron chi connectivity index (χ4n) is 4.18. The van der Waals surface area contributed by atoms with Crippen LogP contribution in [0.25, 0.3) is 0 Å². The van der Waals surface area contributed by atoms with Gasteiger partial charge in [-0.25, -0.2) is 4.90 Å². The first-order valence-electron chi connectivity index (χ1n) is 7.78. The van der Waals surface area contributed by atoms with Crippen molar-refractivity contribution in [3.8, 4) is 0 Å². The molecular weight excluding hydrogens is 497 g/mol. The Bertz CT molecular complexity index is 980. The van der Waals surface area contributed by atoms with Crippen molar-refractivity contribution in [2.24, 2.45) is 11.8 Å². The monoisotopic (exact) mass is 502 g/mol. The molecular formula is C16H8Cl6N2O4. The van der Waals surface area contributed by atoms with Crippen LogP contribution in [0.2, 0.25) is 0 Å². The van der Waals surface area contributed by atoms with Crippen molar-refractivity contribution >= 4 is 92.8 Å². The number of nitrogens with zero attached hydrogens (tertiary/aromatic N) is 2. The Kier molecular flexibility index (Phi) is 4.32. The van der Waals surface area contributed by atoms with Crippen LogP contribution in [0.15, 0.2) is 28.3 Å². The van der Waals surface area contributed by atoms with E-state index in [0.29, 0.717) is 5.56 Å². The third-order valence-electron chi connectivity index (χ3n) is 5.55. The van der Waals surface area contributed by atoms with Gasteiger partial charge in [0.1, 0.15) is 9.75 Å². The first-order chi connectivity index (χ1) is 12.8. The van der Waals surface area contributed by atoms with E-state index < -0.39 is 42.7 Å². The molecule has 0 N–H and O–H groups in total. The Morgan fingerprint density at radius 3 is 1.89 bits per heavy atom. The number of carbonyl (C=O) groups excluding carboxylic acids is 2. The second-order valence-electron chi connectivity index (χ2n) is 6.82. The summed E-state index contributed by atoms with van der Waals surface area (Å²) in [5.41, 5.74) is 0.209. The maximum absolute atomic E-state index is 13.3. The summed E-state index contributed by atoms with van der Waals surface area (Å²) in [4.78, 5) is 34.0. The molecule has 4 atom stereocenters. The molecule has 1 aromatic carbocycles. The fraction of sp³-hybridized carbons (Fsp3) is 0.375. The van der Waals surface area contributed by atoms with E-state index in [1.54, 1.807) is 6.92 Å². The number of rotatable bonds is 2. The average Bonchev–Trinajstić information content (AvgIpc) is 3.00. The van der Waals surface area contributed by atoms with Crippen LogP contribution in [0.5, 0.6) is 0 Å². The number of anilines is 1. The minimum atomic E-state index is -2.03. The van der Waals surface area contributed by atoms with E-state index in [0.717, 1.165) is 11.0 Å². The smallest absolute Gasteiger partial charge is 0.271 e. The summed E-state index contributed by atoms with van der Waals surface area (Å²) in [6, 6.07) is 3.81. The van der Waals surface area contributed by atoms with E-state index in [1.807, 2.05) is 0 Å². The minimum absolute atomic E-state index is 0.0422. The van der Waals surface area contributed by atoms with E-state index in [2.05, 4.69) is 0 Å². The molecule has 28 heavy (non-hydrogen) atoms. The highest BCUT2D eigenvalue weighted by atomic mass is 35.5. The van der Waals surface area contributed by atoms with Gasteiger partial charge < -0.3 is 0 Å². The molecule has 1 heterocycles. The number of benzene rings is 1. The minimum Gasteiger partial charge on any atom is -0.274 e. The molecule has 0 aromatic heterocycles. The number of amides is 2. The third-order valence-corrected chi connectivity index (χ3v) is 9.81. The number of aryl methyl sites for hydroxylation is 1. The number of hydrogen-bond acceptors (Lipinski definition) is 4. The van der Waals surface area contributed by atoms with Gasteiger partial charge in [-0.1, -0.05) is 52.5 Å². The van der Waals surface area contributed by atoms with Crippen LogP contribution in [-0.2, 0) is 9.59 Å². The Balaban J connectivity index is 1.91. The predicted octanol–water partition coefficient (Wildman–Crippen LogP) is 4.85. The van der Waals surface area contributed by atoms with Gasteiger partial charge in [0.05, 0.1) is 32.5 Å². The van der Waals surface area contributed by atoms with Crippen LogP contribution in [-0.4, -0.2) is 30.8 Å². The summed E-state index contributed by atoms with van der Waals surface area (Å²) in [6.07, 6.45) is 0.